The van der Waals surface area contributed by atoms with Crippen LogP contribution in [0.1, 0.15) is 47.5 Å². The van der Waals surface area contributed by atoms with E-state index in [1.807, 2.05) is 0 Å². The summed E-state index contributed by atoms with van der Waals surface area (Å²) in [5, 5.41) is 3.49. The van der Waals surface area contributed by atoms with E-state index < -0.39 is 0 Å². The van der Waals surface area contributed by atoms with Gasteiger partial charge in [-0.2, -0.15) is 0 Å². The molecule has 92 valence electrons. The molecule has 0 aromatic heterocycles. The first kappa shape index (κ1) is 14.9. The minimum absolute atomic E-state index is 0.726. The van der Waals surface area contributed by atoms with Crippen molar-refractivity contribution in [2.75, 3.05) is 26.2 Å². The molecular weight excluding hydrogens is 184 g/mol. The van der Waals surface area contributed by atoms with Crippen LogP contribution in [0, 0.1) is 5.92 Å². The van der Waals surface area contributed by atoms with E-state index >= 15 is 0 Å². The lowest BCUT2D eigenvalue weighted by molar-refractivity contribution is 0.185. The summed E-state index contributed by atoms with van der Waals surface area (Å²) in [6.45, 7) is 16.1. The topological polar surface area (TPSA) is 15.3 Å². The third kappa shape index (κ3) is 6.91. The maximum absolute atomic E-state index is 3.49. The lowest BCUT2D eigenvalue weighted by atomic mass is 10.1. The van der Waals surface area contributed by atoms with E-state index in [0.717, 1.165) is 25.0 Å². The molecule has 0 rings (SSSR count). The zero-order valence-electron chi connectivity index (χ0n) is 11.3. The molecule has 1 N–H and O–H groups in total. The second-order valence-corrected chi connectivity index (χ2v) is 4.65. The molecule has 0 radical (unpaired) electrons. The highest BCUT2D eigenvalue weighted by molar-refractivity contribution is 4.68. The van der Waals surface area contributed by atoms with Crippen LogP contribution in [0.5, 0.6) is 0 Å². The van der Waals surface area contributed by atoms with E-state index in [4.69, 9.17) is 0 Å². The molecule has 2 heteroatoms. The fourth-order valence-electron chi connectivity index (χ4n) is 1.87. The molecule has 0 aromatic rings. The fraction of sp³-hybridized carbons (Fsp3) is 1.00. The van der Waals surface area contributed by atoms with Gasteiger partial charge in [0.05, 0.1) is 0 Å². The summed E-state index contributed by atoms with van der Waals surface area (Å²) in [6, 6.07) is 0.726. The normalized spacial score (nSPS) is 15.6. The maximum atomic E-state index is 3.49. The first-order valence-corrected chi connectivity index (χ1v) is 6.60. The van der Waals surface area contributed by atoms with Gasteiger partial charge in [0, 0.05) is 12.6 Å². The summed E-state index contributed by atoms with van der Waals surface area (Å²) in [7, 11) is 0. The predicted octanol–water partition coefficient (Wildman–Crippen LogP) is 2.74. The van der Waals surface area contributed by atoms with Gasteiger partial charge in [-0.3, -0.25) is 0 Å². The molecule has 0 saturated carbocycles. The third-order valence-corrected chi connectivity index (χ3v) is 3.09. The Balaban J connectivity index is 3.74. The van der Waals surface area contributed by atoms with Crippen molar-refractivity contribution in [2.24, 2.45) is 5.92 Å². The van der Waals surface area contributed by atoms with Crippen LogP contribution in [0.2, 0.25) is 0 Å². The van der Waals surface area contributed by atoms with Crippen molar-refractivity contribution in [3.63, 3.8) is 0 Å². The Morgan fingerprint density at radius 1 is 1.13 bits per heavy atom. The molecule has 0 saturated heterocycles. The predicted molar refractivity (Wildman–Crippen MR) is 69.3 cm³/mol. The minimum atomic E-state index is 0.726. The van der Waals surface area contributed by atoms with Crippen molar-refractivity contribution >= 4 is 0 Å². The largest absolute Gasteiger partial charge is 0.316 e. The summed E-state index contributed by atoms with van der Waals surface area (Å²) in [6.07, 6.45) is 2.48. The Morgan fingerprint density at radius 3 is 2.27 bits per heavy atom. The van der Waals surface area contributed by atoms with Crippen LogP contribution in [0.15, 0.2) is 0 Å². The van der Waals surface area contributed by atoms with Gasteiger partial charge in [0.1, 0.15) is 0 Å². The summed E-state index contributed by atoms with van der Waals surface area (Å²) in [5.41, 5.74) is 0. The van der Waals surface area contributed by atoms with Crippen LogP contribution in [0.25, 0.3) is 0 Å². The van der Waals surface area contributed by atoms with Crippen molar-refractivity contribution in [3.05, 3.63) is 0 Å². The molecule has 2 unspecified atom stereocenters. The standard InChI is InChI=1S/C13H30N2/c1-6-9-14-10-12(4)11-15(8-3)13(5)7-2/h12-14H,6-11H2,1-5H3. The highest BCUT2D eigenvalue weighted by Crippen LogP contribution is 2.06. The smallest absolute Gasteiger partial charge is 0.00643 e. The van der Waals surface area contributed by atoms with E-state index in [0.29, 0.717) is 0 Å². The van der Waals surface area contributed by atoms with Gasteiger partial charge in [-0.1, -0.05) is 27.7 Å². The van der Waals surface area contributed by atoms with Crippen molar-refractivity contribution in [1.82, 2.24) is 10.2 Å². The summed E-state index contributed by atoms with van der Waals surface area (Å²) in [5.74, 6) is 0.755. The van der Waals surface area contributed by atoms with E-state index in [1.54, 1.807) is 0 Å². The molecule has 0 bridgehead atoms. The van der Waals surface area contributed by atoms with Gasteiger partial charge in [0.25, 0.3) is 0 Å². The van der Waals surface area contributed by atoms with Crippen LogP contribution in [-0.2, 0) is 0 Å². The molecule has 0 aliphatic rings. The van der Waals surface area contributed by atoms with E-state index in [2.05, 4.69) is 44.8 Å². The SMILES string of the molecule is CCCNCC(C)CN(CC)C(C)CC. The Labute approximate surface area is 96.4 Å². The van der Waals surface area contributed by atoms with Crippen molar-refractivity contribution in [1.29, 1.82) is 0 Å². The van der Waals surface area contributed by atoms with Gasteiger partial charge in [0.15, 0.2) is 0 Å². The summed E-state index contributed by atoms with van der Waals surface area (Å²) >= 11 is 0. The average molecular weight is 214 g/mol. The highest BCUT2D eigenvalue weighted by atomic mass is 15.1. The maximum Gasteiger partial charge on any atom is 0.00643 e. The van der Waals surface area contributed by atoms with E-state index in [1.165, 1.54) is 25.9 Å². The van der Waals surface area contributed by atoms with Crippen LogP contribution >= 0.6 is 0 Å². The van der Waals surface area contributed by atoms with Crippen LogP contribution < -0.4 is 5.32 Å². The first-order valence-electron chi connectivity index (χ1n) is 6.60. The Bertz CT molecular complexity index is 136. The van der Waals surface area contributed by atoms with E-state index in [-0.39, 0.29) is 0 Å². The van der Waals surface area contributed by atoms with Gasteiger partial charge >= 0.3 is 0 Å². The number of hydrogen-bond acceptors (Lipinski definition) is 2. The van der Waals surface area contributed by atoms with Gasteiger partial charge in [-0.25, -0.2) is 0 Å². The monoisotopic (exact) mass is 214 g/mol. The lowest BCUT2D eigenvalue weighted by Gasteiger charge is -2.29. The molecule has 0 aliphatic carbocycles. The molecule has 0 aromatic carbocycles. The Morgan fingerprint density at radius 2 is 1.80 bits per heavy atom. The van der Waals surface area contributed by atoms with Gasteiger partial charge in [0.2, 0.25) is 0 Å². The average Bonchev–Trinajstić information content (AvgIpc) is 2.25. The highest BCUT2D eigenvalue weighted by Gasteiger charge is 2.12. The molecular formula is C13H30N2. The van der Waals surface area contributed by atoms with Crippen molar-refractivity contribution in [2.45, 2.75) is 53.5 Å². The number of nitrogens with zero attached hydrogens (tertiary/aromatic N) is 1. The van der Waals surface area contributed by atoms with Gasteiger partial charge < -0.3 is 10.2 Å². The molecule has 0 aliphatic heterocycles. The number of rotatable bonds is 9. The van der Waals surface area contributed by atoms with Gasteiger partial charge in [-0.05, 0) is 45.3 Å². The molecule has 2 atom stereocenters. The van der Waals surface area contributed by atoms with E-state index in [9.17, 15) is 0 Å². The lowest BCUT2D eigenvalue weighted by Crippen LogP contribution is -2.38. The third-order valence-electron chi connectivity index (χ3n) is 3.09. The number of hydrogen-bond donors (Lipinski definition) is 1. The van der Waals surface area contributed by atoms with Crippen molar-refractivity contribution < 1.29 is 0 Å². The van der Waals surface area contributed by atoms with Crippen molar-refractivity contribution in [3.8, 4) is 0 Å². The second kappa shape index (κ2) is 9.17. The van der Waals surface area contributed by atoms with Crippen LogP contribution in [0.3, 0.4) is 0 Å². The Kier molecular flexibility index (Phi) is 9.12. The molecule has 0 spiro atoms. The zero-order valence-corrected chi connectivity index (χ0v) is 11.3. The second-order valence-electron chi connectivity index (χ2n) is 4.65. The molecule has 15 heavy (non-hydrogen) atoms. The Hall–Kier alpha value is -0.0800. The molecule has 2 nitrogen and oxygen atoms in total. The minimum Gasteiger partial charge on any atom is -0.316 e. The van der Waals surface area contributed by atoms with Crippen LogP contribution in [0.4, 0.5) is 0 Å². The molecule has 0 fully saturated rings. The first-order chi connectivity index (χ1) is 7.15. The molecule has 0 heterocycles. The summed E-state index contributed by atoms with van der Waals surface area (Å²) < 4.78 is 0. The fourth-order valence-corrected chi connectivity index (χ4v) is 1.87. The molecule has 0 amide bonds. The zero-order chi connectivity index (χ0) is 11.7. The van der Waals surface area contributed by atoms with Gasteiger partial charge in [-0.15, -0.1) is 0 Å². The summed E-state index contributed by atoms with van der Waals surface area (Å²) in [4.78, 5) is 2.58. The number of nitrogens with one attached hydrogen (secondary N) is 1. The quantitative estimate of drug-likeness (QED) is 0.594. The van der Waals surface area contributed by atoms with Crippen LogP contribution in [-0.4, -0.2) is 37.1 Å².